The first-order chi connectivity index (χ1) is 9.96. The van der Waals surface area contributed by atoms with Gasteiger partial charge in [0.05, 0.1) is 25.1 Å². The third-order valence-electron chi connectivity index (χ3n) is 4.31. The van der Waals surface area contributed by atoms with Crippen molar-refractivity contribution in [2.45, 2.75) is 31.2 Å². The van der Waals surface area contributed by atoms with Gasteiger partial charge in [0.25, 0.3) is 0 Å². The lowest BCUT2D eigenvalue weighted by Crippen LogP contribution is -2.38. The minimum absolute atomic E-state index is 0.256. The maximum Gasteiger partial charge on any atom is 0.165 e. The number of nitrogens with zero attached hydrogens (tertiary/aromatic N) is 4. The van der Waals surface area contributed by atoms with Crippen LogP contribution in [0, 0.1) is 5.92 Å². The molecule has 114 valence electrons. The molecule has 7 nitrogen and oxygen atoms in total. The molecule has 3 rings (SSSR count). The molecule has 2 aromatic rings. The maximum atomic E-state index is 15.0. The summed E-state index contributed by atoms with van der Waals surface area (Å²) in [4.78, 5) is 12.2. The predicted molar refractivity (Wildman–Crippen MR) is 74.3 cm³/mol. The van der Waals surface area contributed by atoms with Crippen LogP contribution in [0.1, 0.15) is 19.4 Å². The Hall–Kier alpha value is -1.80. The van der Waals surface area contributed by atoms with Gasteiger partial charge in [-0.15, -0.1) is 0 Å². The van der Waals surface area contributed by atoms with Gasteiger partial charge in [0.15, 0.2) is 17.1 Å². The number of alkyl halides is 1. The smallest absolute Gasteiger partial charge is 0.165 e. The second kappa shape index (κ2) is 4.88. The van der Waals surface area contributed by atoms with E-state index in [9.17, 15) is 5.11 Å². The van der Waals surface area contributed by atoms with Gasteiger partial charge in [0.2, 0.25) is 0 Å². The lowest BCUT2D eigenvalue weighted by atomic mass is 9.98. The first kappa shape index (κ1) is 14.2. The molecule has 0 saturated heterocycles. The summed E-state index contributed by atoms with van der Waals surface area (Å²) in [6.45, 7) is 1.70. The van der Waals surface area contributed by atoms with Crippen molar-refractivity contribution >= 4 is 17.0 Å². The van der Waals surface area contributed by atoms with E-state index >= 15 is 4.39 Å². The molecule has 1 fully saturated rings. The number of imidazole rings is 1. The van der Waals surface area contributed by atoms with Gasteiger partial charge in [-0.05, 0) is 13.3 Å². The van der Waals surface area contributed by atoms with E-state index < -0.39 is 17.8 Å². The molecule has 0 unspecified atom stereocenters. The van der Waals surface area contributed by atoms with E-state index in [2.05, 4.69) is 15.0 Å². The third-order valence-corrected chi connectivity index (χ3v) is 4.31. The van der Waals surface area contributed by atoms with Crippen LogP contribution in [-0.4, -0.2) is 50.1 Å². The number of aliphatic hydroxyl groups excluding tert-OH is 1. The molecule has 0 radical (unpaired) electrons. The third kappa shape index (κ3) is 2.06. The van der Waals surface area contributed by atoms with Gasteiger partial charge >= 0.3 is 0 Å². The van der Waals surface area contributed by atoms with E-state index in [0.29, 0.717) is 24.2 Å². The molecule has 0 aliphatic heterocycles. The Kier molecular flexibility index (Phi) is 3.29. The van der Waals surface area contributed by atoms with Gasteiger partial charge < -0.3 is 20.1 Å². The van der Waals surface area contributed by atoms with Gasteiger partial charge in [0, 0.05) is 13.0 Å². The molecule has 1 aliphatic carbocycles. The molecule has 0 amide bonds. The fraction of sp³-hybridized carbons (Fsp3) is 0.615. The summed E-state index contributed by atoms with van der Waals surface area (Å²) in [5.41, 5.74) is 4.87. The fourth-order valence-corrected chi connectivity index (χ4v) is 3.16. The second-order valence-corrected chi connectivity index (χ2v) is 5.65. The van der Waals surface area contributed by atoms with Gasteiger partial charge in [-0.2, -0.15) is 0 Å². The summed E-state index contributed by atoms with van der Waals surface area (Å²) >= 11 is 0. The van der Waals surface area contributed by atoms with E-state index in [4.69, 9.17) is 10.5 Å². The van der Waals surface area contributed by atoms with Crippen LogP contribution in [0.15, 0.2) is 12.7 Å². The van der Waals surface area contributed by atoms with E-state index in [0.717, 1.165) is 0 Å². The second-order valence-electron chi connectivity index (χ2n) is 5.65. The average Bonchev–Trinajstić information content (AvgIpc) is 2.95. The summed E-state index contributed by atoms with van der Waals surface area (Å²) < 4.78 is 21.7. The highest BCUT2D eigenvalue weighted by Crippen LogP contribution is 2.46. The number of ether oxygens (including phenoxy) is 1. The zero-order chi connectivity index (χ0) is 15.2. The number of aromatic nitrogens is 4. The van der Waals surface area contributed by atoms with Crippen molar-refractivity contribution in [1.29, 1.82) is 0 Å². The Morgan fingerprint density at radius 2 is 2.29 bits per heavy atom. The molecule has 8 heteroatoms. The van der Waals surface area contributed by atoms with Crippen LogP contribution in [0.4, 0.5) is 10.2 Å². The number of nitrogen functional groups attached to an aromatic ring is 1. The van der Waals surface area contributed by atoms with Crippen LogP contribution in [0.5, 0.6) is 0 Å². The first-order valence-corrected chi connectivity index (χ1v) is 6.75. The van der Waals surface area contributed by atoms with Crippen molar-refractivity contribution < 1.29 is 14.2 Å². The number of fused-ring (bicyclic) bond motifs is 1. The predicted octanol–water partition coefficient (Wildman–Crippen LogP) is 0.705. The Labute approximate surface area is 121 Å². The SMILES string of the molecule is COC[C@H]1C[C@@H](n2cnc3c(N)ncnc32)[C@](C)(F)[C@@H]1O. The molecule has 2 heterocycles. The van der Waals surface area contributed by atoms with Crippen molar-refractivity contribution in [2.75, 3.05) is 19.5 Å². The van der Waals surface area contributed by atoms with Crippen LogP contribution < -0.4 is 5.73 Å². The molecule has 1 aliphatic rings. The maximum absolute atomic E-state index is 15.0. The van der Waals surface area contributed by atoms with Gasteiger partial charge in [-0.1, -0.05) is 0 Å². The summed E-state index contributed by atoms with van der Waals surface area (Å²) in [6.07, 6.45) is 2.17. The normalized spacial score (nSPS) is 32.9. The molecular weight excluding hydrogens is 277 g/mol. The van der Waals surface area contributed by atoms with Crippen LogP contribution in [-0.2, 0) is 4.74 Å². The number of halogens is 1. The molecule has 0 spiro atoms. The number of hydrogen-bond donors (Lipinski definition) is 2. The Morgan fingerprint density at radius 1 is 1.52 bits per heavy atom. The van der Waals surface area contributed by atoms with Gasteiger partial charge in [-0.25, -0.2) is 19.3 Å². The number of methoxy groups -OCH3 is 1. The molecule has 2 aromatic heterocycles. The zero-order valence-corrected chi connectivity index (χ0v) is 11.9. The Bertz CT molecular complexity index is 659. The van der Waals surface area contributed by atoms with Crippen molar-refractivity contribution in [3.8, 4) is 0 Å². The molecular formula is C13H18FN5O2. The average molecular weight is 295 g/mol. The summed E-state index contributed by atoms with van der Waals surface area (Å²) in [5, 5.41) is 10.2. The molecule has 3 N–H and O–H groups in total. The molecule has 21 heavy (non-hydrogen) atoms. The summed E-state index contributed by atoms with van der Waals surface area (Å²) in [5.74, 6) is -0.0158. The lowest BCUT2D eigenvalue weighted by molar-refractivity contribution is -0.0241. The number of rotatable bonds is 3. The van der Waals surface area contributed by atoms with E-state index in [1.165, 1.54) is 26.7 Å². The Balaban J connectivity index is 2.04. The zero-order valence-electron chi connectivity index (χ0n) is 11.9. The lowest BCUT2D eigenvalue weighted by Gasteiger charge is -2.27. The summed E-state index contributed by atoms with van der Waals surface area (Å²) in [6, 6.07) is -0.577. The van der Waals surface area contributed by atoms with Crippen LogP contribution >= 0.6 is 0 Å². The van der Waals surface area contributed by atoms with Crippen LogP contribution in [0.2, 0.25) is 0 Å². The number of hydrogen-bond acceptors (Lipinski definition) is 6. The van der Waals surface area contributed by atoms with Gasteiger partial charge in [0.1, 0.15) is 11.8 Å². The van der Waals surface area contributed by atoms with E-state index in [-0.39, 0.29) is 11.7 Å². The fourth-order valence-electron chi connectivity index (χ4n) is 3.16. The van der Waals surface area contributed by atoms with Crippen molar-refractivity contribution in [1.82, 2.24) is 19.5 Å². The number of anilines is 1. The van der Waals surface area contributed by atoms with Crippen molar-refractivity contribution in [3.05, 3.63) is 12.7 Å². The van der Waals surface area contributed by atoms with Gasteiger partial charge in [-0.3, -0.25) is 0 Å². The first-order valence-electron chi connectivity index (χ1n) is 6.75. The van der Waals surface area contributed by atoms with E-state index in [1.54, 1.807) is 4.57 Å². The largest absolute Gasteiger partial charge is 0.389 e. The quantitative estimate of drug-likeness (QED) is 0.865. The number of nitrogens with two attached hydrogens (primary N) is 1. The molecule has 0 aromatic carbocycles. The molecule has 0 bridgehead atoms. The molecule has 1 saturated carbocycles. The van der Waals surface area contributed by atoms with Crippen molar-refractivity contribution in [2.24, 2.45) is 5.92 Å². The minimum Gasteiger partial charge on any atom is -0.389 e. The van der Waals surface area contributed by atoms with Crippen molar-refractivity contribution in [3.63, 3.8) is 0 Å². The van der Waals surface area contributed by atoms with E-state index in [1.807, 2.05) is 0 Å². The highest BCUT2D eigenvalue weighted by molar-refractivity contribution is 5.81. The number of aliphatic hydroxyl groups is 1. The highest BCUT2D eigenvalue weighted by atomic mass is 19.1. The molecule has 4 atom stereocenters. The standard InChI is InChI=1S/C13H18FN5O2/c1-13(14)8(3-7(4-21-2)10(13)20)19-6-18-9-11(15)16-5-17-12(9)19/h5-8,10,20H,3-4H2,1-2H3,(H2,15,16,17)/t7-,8-,10-,13+/m1/s1. The highest BCUT2D eigenvalue weighted by Gasteiger charge is 2.53. The Morgan fingerprint density at radius 3 is 3.00 bits per heavy atom. The monoisotopic (exact) mass is 295 g/mol. The van der Waals surface area contributed by atoms with Crippen LogP contribution in [0.25, 0.3) is 11.2 Å². The van der Waals surface area contributed by atoms with Crippen LogP contribution in [0.3, 0.4) is 0 Å². The topological polar surface area (TPSA) is 99.1 Å². The summed E-state index contributed by atoms with van der Waals surface area (Å²) in [7, 11) is 1.54. The minimum atomic E-state index is -1.80.